The van der Waals surface area contributed by atoms with Gasteiger partial charge in [-0.3, -0.25) is 0 Å². The summed E-state index contributed by atoms with van der Waals surface area (Å²) in [5.74, 6) is 1.42. The molecule has 1 radical (unpaired) electrons. The third-order valence-corrected chi connectivity index (χ3v) is 2.45. The van der Waals surface area contributed by atoms with Gasteiger partial charge in [0.2, 0.25) is 0 Å². The molecule has 0 fully saturated rings. The molecular formula is C13H12BO3. The molecule has 0 heterocycles. The minimum absolute atomic E-state index is 0.596. The molecule has 4 heteroatoms. The van der Waals surface area contributed by atoms with Crippen LogP contribution in [-0.2, 0) is 0 Å². The normalized spacial score (nSPS) is 9.76. The number of rotatable bonds is 4. The van der Waals surface area contributed by atoms with E-state index in [-0.39, 0.29) is 0 Å². The molecule has 0 aliphatic carbocycles. The highest BCUT2D eigenvalue weighted by molar-refractivity contribution is 6.17. The summed E-state index contributed by atoms with van der Waals surface area (Å²) in [6, 6.07) is 15.3. The lowest BCUT2D eigenvalue weighted by atomic mass is 10.1. The van der Waals surface area contributed by atoms with Crippen molar-refractivity contribution in [2.24, 2.45) is 0 Å². The summed E-state index contributed by atoms with van der Waals surface area (Å²) in [6.45, 7) is 0. The average molecular weight is 227 g/mol. The summed E-state index contributed by atoms with van der Waals surface area (Å²) >= 11 is 0. The van der Waals surface area contributed by atoms with Gasteiger partial charge in [-0.1, -0.05) is 24.3 Å². The van der Waals surface area contributed by atoms with Gasteiger partial charge in [0, 0.05) is 0 Å². The summed E-state index contributed by atoms with van der Waals surface area (Å²) in [5, 5.41) is 8.51. The van der Waals surface area contributed by atoms with Crippen LogP contribution in [0.15, 0.2) is 48.5 Å². The van der Waals surface area contributed by atoms with Crippen molar-refractivity contribution in [1.82, 2.24) is 0 Å². The molecule has 0 bridgehead atoms. The highest BCUT2D eigenvalue weighted by atomic mass is 16.5. The fraction of sp³-hybridized carbons (Fsp3) is 0.0769. The quantitative estimate of drug-likeness (QED) is 0.814. The Balaban J connectivity index is 2.26. The molecule has 2 aromatic rings. The summed E-state index contributed by atoms with van der Waals surface area (Å²) in [6.07, 6.45) is 0. The third kappa shape index (κ3) is 2.79. The highest BCUT2D eigenvalue weighted by Crippen LogP contribution is 2.25. The van der Waals surface area contributed by atoms with Gasteiger partial charge in [0.15, 0.2) is 0 Å². The van der Waals surface area contributed by atoms with Gasteiger partial charge in [-0.15, -0.1) is 0 Å². The van der Waals surface area contributed by atoms with Gasteiger partial charge in [0.1, 0.15) is 11.5 Å². The second-order valence-corrected chi connectivity index (χ2v) is 3.48. The van der Waals surface area contributed by atoms with Crippen molar-refractivity contribution in [1.29, 1.82) is 0 Å². The Bertz CT molecular complexity index is 482. The predicted octanol–water partition coefficient (Wildman–Crippen LogP) is 2.27. The van der Waals surface area contributed by atoms with Gasteiger partial charge < -0.3 is 14.4 Å². The molecule has 2 rings (SSSR count). The molecule has 0 unspecified atom stereocenters. The molecule has 0 saturated carbocycles. The first-order valence-electron chi connectivity index (χ1n) is 5.20. The molecule has 3 nitrogen and oxygen atoms in total. The standard InChI is InChI=1S/C13H12BO3/c1-16-13-4-2-3-11(9-13)10-5-7-12(8-6-10)17-14-15/h2-9,15H,1H3. The summed E-state index contributed by atoms with van der Waals surface area (Å²) in [5.41, 5.74) is 2.14. The minimum atomic E-state index is 0.596. The molecule has 1 N–H and O–H groups in total. The van der Waals surface area contributed by atoms with Crippen LogP contribution in [0.5, 0.6) is 11.5 Å². The van der Waals surface area contributed by atoms with Crippen molar-refractivity contribution in [3.05, 3.63) is 48.5 Å². The van der Waals surface area contributed by atoms with Gasteiger partial charge in [-0.05, 0) is 35.4 Å². The van der Waals surface area contributed by atoms with Gasteiger partial charge in [0.05, 0.1) is 7.11 Å². The Kier molecular flexibility index (Phi) is 3.68. The van der Waals surface area contributed by atoms with Gasteiger partial charge in [-0.2, -0.15) is 0 Å². The maximum absolute atomic E-state index is 8.51. The van der Waals surface area contributed by atoms with Crippen LogP contribution in [0, 0.1) is 0 Å². The Hall–Kier alpha value is -1.94. The van der Waals surface area contributed by atoms with E-state index in [4.69, 9.17) is 14.4 Å². The van der Waals surface area contributed by atoms with Crippen molar-refractivity contribution in [3.8, 4) is 22.6 Å². The molecule has 0 aliphatic rings. The van der Waals surface area contributed by atoms with Gasteiger partial charge in [0.25, 0.3) is 0 Å². The van der Waals surface area contributed by atoms with Crippen molar-refractivity contribution < 1.29 is 14.4 Å². The zero-order chi connectivity index (χ0) is 12.1. The maximum atomic E-state index is 8.51. The van der Waals surface area contributed by atoms with Crippen molar-refractivity contribution >= 4 is 7.69 Å². The van der Waals surface area contributed by atoms with Crippen LogP contribution in [0.25, 0.3) is 11.1 Å². The van der Waals surface area contributed by atoms with Gasteiger partial charge in [-0.25, -0.2) is 0 Å². The Morgan fingerprint density at radius 1 is 0.941 bits per heavy atom. The van der Waals surface area contributed by atoms with E-state index in [0.717, 1.165) is 16.9 Å². The lowest BCUT2D eigenvalue weighted by Gasteiger charge is -2.06. The molecule has 17 heavy (non-hydrogen) atoms. The summed E-state index contributed by atoms with van der Waals surface area (Å²) < 4.78 is 10.0. The molecule has 0 aliphatic heterocycles. The predicted molar refractivity (Wildman–Crippen MR) is 67.0 cm³/mol. The van der Waals surface area contributed by atoms with Crippen molar-refractivity contribution in [2.45, 2.75) is 0 Å². The number of benzene rings is 2. The van der Waals surface area contributed by atoms with Crippen molar-refractivity contribution in [3.63, 3.8) is 0 Å². The average Bonchev–Trinajstić information content (AvgIpc) is 2.40. The highest BCUT2D eigenvalue weighted by Gasteiger charge is 2.00. The molecule has 0 spiro atoms. The third-order valence-electron chi connectivity index (χ3n) is 2.45. The SMILES string of the molecule is COc1cccc(-c2ccc(O[B]O)cc2)c1. The smallest absolute Gasteiger partial charge is 0.537 e. The second-order valence-electron chi connectivity index (χ2n) is 3.48. The Labute approximate surface area is 101 Å². The summed E-state index contributed by atoms with van der Waals surface area (Å²) in [7, 11) is 2.31. The maximum Gasteiger partial charge on any atom is 0.569 e. The number of hydrogen-bond acceptors (Lipinski definition) is 3. The van der Waals surface area contributed by atoms with Crippen LogP contribution in [0.2, 0.25) is 0 Å². The first-order valence-corrected chi connectivity index (χ1v) is 5.20. The largest absolute Gasteiger partial charge is 0.569 e. The van der Waals surface area contributed by atoms with Crippen LogP contribution in [0.4, 0.5) is 0 Å². The van der Waals surface area contributed by atoms with Crippen LogP contribution in [-0.4, -0.2) is 19.8 Å². The van der Waals surface area contributed by atoms with E-state index in [1.807, 2.05) is 36.4 Å². The topological polar surface area (TPSA) is 38.7 Å². The fourth-order valence-corrected chi connectivity index (χ4v) is 1.59. The first kappa shape index (κ1) is 11.5. The Morgan fingerprint density at radius 2 is 1.71 bits per heavy atom. The molecule has 0 amide bonds. The Morgan fingerprint density at radius 3 is 2.35 bits per heavy atom. The van der Waals surface area contributed by atoms with E-state index in [9.17, 15) is 0 Å². The molecule has 0 aromatic heterocycles. The fourth-order valence-electron chi connectivity index (χ4n) is 1.59. The lowest BCUT2D eigenvalue weighted by Crippen LogP contribution is -1.99. The molecule has 2 aromatic carbocycles. The first-order chi connectivity index (χ1) is 8.33. The van der Waals surface area contributed by atoms with E-state index in [2.05, 4.69) is 0 Å². The zero-order valence-electron chi connectivity index (χ0n) is 9.46. The second kappa shape index (κ2) is 5.41. The minimum Gasteiger partial charge on any atom is -0.537 e. The van der Waals surface area contributed by atoms with E-state index in [1.165, 1.54) is 0 Å². The van der Waals surface area contributed by atoms with E-state index in [1.54, 1.807) is 19.2 Å². The lowest BCUT2D eigenvalue weighted by molar-refractivity contribution is 0.415. The van der Waals surface area contributed by atoms with Crippen LogP contribution < -0.4 is 9.39 Å². The van der Waals surface area contributed by atoms with Crippen LogP contribution in [0.1, 0.15) is 0 Å². The molecule has 0 saturated heterocycles. The number of methoxy groups -OCH3 is 1. The van der Waals surface area contributed by atoms with E-state index >= 15 is 0 Å². The number of hydrogen-bond donors (Lipinski definition) is 1. The van der Waals surface area contributed by atoms with E-state index in [0.29, 0.717) is 13.4 Å². The van der Waals surface area contributed by atoms with Crippen LogP contribution in [0.3, 0.4) is 0 Å². The molecular weight excluding hydrogens is 215 g/mol. The summed E-state index contributed by atoms with van der Waals surface area (Å²) in [4.78, 5) is 0. The van der Waals surface area contributed by atoms with Crippen LogP contribution >= 0.6 is 0 Å². The monoisotopic (exact) mass is 227 g/mol. The van der Waals surface area contributed by atoms with Crippen molar-refractivity contribution in [2.75, 3.05) is 7.11 Å². The van der Waals surface area contributed by atoms with E-state index < -0.39 is 0 Å². The zero-order valence-corrected chi connectivity index (χ0v) is 9.46. The molecule has 85 valence electrons. The molecule has 0 atom stereocenters. The number of ether oxygens (including phenoxy) is 1. The van der Waals surface area contributed by atoms with Gasteiger partial charge >= 0.3 is 7.69 Å².